The molecule has 2 aromatic rings. The van der Waals surface area contributed by atoms with Gasteiger partial charge < -0.3 is 10.8 Å². The van der Waals surface area contributed by atoms with Gasteiger partial charge in [0.05, 0.1) is 5.56 Å². The Morgan fingerprint density at radius 1 is 1.29 bits per heavy atom. The number of aromatic nitrogens is 1. The van der Waals surface area contributed by atoms with Crippen molar-refractivity contribution < 1.29 is 27.5 Å². The van der Waals surface area contributed by atoms with Crippen molar-refractivity contribution >= 4 is 11.8 Å². The Morgan fingerprint density at radius 3 is 2.52 bits per heavy atom. The fourth-order valence-corrected chi connectivity index (χ4v) is 1.77. The first-order valence-corrected chi connectivity index (χ1v) is 5.56. The van der Waals surface area contributed by atoms with Crippen LogP contribution < -0.4 is 5.73 Å². The Hall–Kier alpha value is -2.64. The van der Waals surface area contributed by atoms with Crippen molar-refractivity contribution in [1.29, 1.82) is 0 Å². The number of nitrogens with two attached hydrogens (primary N) is 1. The summed E-state index contributed by atoms with van der Waals surface area (Å²) in [5, 5.41) is 8.90. The third kappa shape index (κ3) is 2.78. The summed E-state index contributed by atoms with van der Waals surface area (Å²) in [5.41, 5.74) is 2.98. The second-order valence-electron chi connectivity index (χ2n) is 4.13. The normalized spacial score (nSPS) is 11.4. The molecule has 0 aliphatic carbocycles. The minimum Gasteiger partial charge on any atom is -0.478 e. The van der Waals surface area contributed by atoms with Crippen molar-refractivity contribution in [2.45, 2.75) is 6.18 Å². The van der Waals surface area contributed by atoms with Gasteiger partial charge in [0.1, 0.15) is 17.2 Å². The molecule has 0 amide bonds. The molecule has 2 rings (SSSR count). The molecule has 3 N–H and O–H groups in total. The van der Waals surface area contributed by atoms with E-state index in [0.29, 0.717) is 6.07 Å². The topological polar surface area (TPSA) is 76.2 Å². The van der Waals surface area contributed by atoms with Gasteiger partial charge >= 0.3 is 12.1 Å². The van der Waals surface area contributed by atoms with Crippen LogP contribution in [0.2, 0.25) is 0 Å². The molecule has 110 valence electrons. The minimum atomic E-state index is -4.85. The highest BCUT2D eigenvalue weighted by molar-refractivity contribution is 5.94. The highest BCUT2D eigenvalue weighted by atomic mass is 19.4. The van der Waals surface area contributed by atoms with E-state index < -0.39 is 34.7 Å². The van der Waals surface area contributed by atoms with E-state index in [0.717, 1.165) is 24.4 Å². The van der Waals surface area contributed by atoms with E-state index in [4.69, 9.17) is 10.8 Å². The molecule has 1 heterocycles. The molecule has 0 aliphatic rings. The quantitative estimate of drug-likeness (QED) is 0.835. The second-order valence-corrected chi connectivity index (χ2v) is 4.13. The Morgan fingerprint density at radius 2 is 1.95 bits per heavy atom. The van der Waals surface area contributed by atoms with E-state index in [-0.39, 0.29) is 11.4 Å². The fourth-order valence-electron chi connectivity index (χ4n) is 1.77. The van der Waals surface area contributed by atoms with Crippen LogP contribution in [0.5, 0.6) is 0 Å². The monoisotopic (exact) mass is 300 g/mol. The van der Waals surface area contributed by atoms with Gasteiger partial charge in [0.2, 0.25) is 0 Å². The van der Waals surface area contributed by atoms with Gasteiger partial charge in [-0.1, -0.05) is 12.1 Å². The number of carboxylic acids is 1. The molecule has 21 heavy (non-hydrogen) atoms. The highest BCUT2D eigenvalue weighted by Crippen LogP contribution is 2.35. The van der Waals surface area contributed by atoms with Gasteiger partial charge in [0.25, 0.3) is 0 Å². The van der Waals surface area contributed by atoms with E-state index in [1.807, 2.05) is 0 Å². The summed E-state index contributed by atoms with van der Waals surface area (Å²) in [7, 11) is 0. The lowest BCUT2D eigenvalue weighted by Gasteiger charge is -2.11. The van der Waals surface area contributed by atoms with Crippen LogP contribution in [-0.2, 0) is 6.18 Å². The van der Waals surface area contributed by atoms with Crippen molar-refractivity contribution in [3.8, 4) is 11.1 Å². The summed E-state index contributed by atoms with van der Waals surface area (Å²) in [6.07, 6.45) is -3.84. The maximum atomic E-state index is 14.0. The zero-order valence-electron chi connectivity index (χ0n) is 10.3. The molecule has 0 saturated carbocycles. The van der Waals surface area contributed by atoms with Gasteiger partial charge in [-0.05, 0) is 12.1 Å². The standard InChI is InChI=1S/C13H8F4N2O2/c14-10-7(2-1-3-9(10)13(15,16)17)6-4-8(12(20)21)11(18)19-5-6/h1-5H,(H2,18,19)(H,20,21). The number of nitrogens with zero attached hydrogens (tertiary/aromatic N) is 1. The van der Waals surface area contributed by atoms with E-state index >= 15 is 0 Å². The summed E-state index contributed by atoms with van der Waals surface area (Å²) >= 11 is 0. The number of halogens is 4. The van der Waals surface area contributed by atoms with Crippen LogP contribution in [0, 0.1) is 5.82 Å². The van der Waals surface area contributed by atoms with Gasteiger partial charge in [-0.25, -0.2) is 14.2 Å². The third-order valence-corrected chi connectivity index (χ3v) is 2.76. The number of aromatic carboxylic acids is 1. The fraction of sp³-hybridized carbons (Fsp3) is 0.0769. The number of pyridine rings is 1. The van der Waals surface area contributed by atoms with Crippen molar-refractivity contribution in [3.05, 3.63) is 47.4 Å². The molecule has 4 nitrogen and oxygen atoms in total. The molecule has 0 radical (unpaired) electrons. The molecule has 0 aliphatic heterocycles. The Bertz CT molecular complexity index is 714. The maximum absolute atomic E-state index is 14.0. The minimum absolute atomic E-state index is 0.106. The summed E-state index contributed by atoms with van der Waals surface area (Å²) < 4.78 is 51.9. The van der Waals surface area contributed by atoms with E-state index in [1.54, 1.807) is 0 Å². The highest BCUT2D eigenvalue weighted by Gasteiger charge is 2.35. The van der Waals surface area contributed by atoms with Gasteiger partial charge in [0, 0.05) is 17.3 Å². The number of hydrogen-bond donors (Lipinski definition) is 2. The average molecular weight is 300 g/mol. The van der Waals surface area contributed by atoms with Crippen LogP contribution >= 0.6 is 0 Å². The van der Waals surface area contributed by atoms with Crippen molar-refractivity contribution in [3.63, 3.8) is 0 Å². The number of benzene rings is 1. The summed E-state index contributed by atoms with van der Waals surface area (Å²) in [6, 6.07) is 3.70. The van der Waals surface area contributed by atoms with Crippen LogP contribution in [-0.4, -0.2) is 16.1 Å². The van der Waals surface area contributed by atoms with Gasteiger partial charge in [-0.15, -0.1) is 0 Å². The average Bonchev–Trinajstić information content (AvgIpc) is 2.38. The lowest BCUT2D eigenvalue weighted by molar-refractivity contribution is -0.139. The van der Waals surface area contributed by atoms with Crippen LogP contribution in [0.1, 0.15) is 15.9 Å². The number of alkyl halides is 3. The van der Waals surface area contributed by atoms with Crippen molar-refractivity contribution in [2.75, 3.05) is 5.73 Å². The molecular weight excluding hydrogens is 292 g/mol. The molecule has 0 unspecified atom stereocenters. The third-order valence-electron chi connectivity index (χ3n) is 2.76. The van der Waals surface area contributed by atoms with Crippen molar-refractivity contribution in [1.82, 2.24) is 4.98 Å². The summed E-state index contributed by atoms with van der Waals surface area (Å²) in [6.45, 7) is 0. The van der Waals surface area contributed by atoms with E-state index in [1.165, 1.54) is 0 Å². The number of nitrogen functional groups attached to an aromatic ring is 1. The molecule has 0 spiro atoms. The molecular formula is C13H8F4N2O2. The zero-order chi connectivity index (χ0) is 15.8. The molecule has 1 aromatic heterocycles. The van der Waals surface area contributed by atoms with Crippen molar-refractivity contribution in [2.24, 2.45) is 0 Å². The summed E-state index contributed by atoms with van der Waals surface area (Å²) in [5.74, 6) is -3.21. The van der Waals surface area contributed by atoms with E-state index in [2.05, 4.69) is 4.98 Å². The smallest absolute Gasteiger partial charge is 0.419 e. The maximum Gasteiger partial charge on any atom is 0.419 e. The van der Waals surface area contributed by atoms with Crippen LogP contribution in [0.4, 0.5) is 23.4 Å². The first kappa shape index (κ1) is 14.8. The van der Waals surface area contributed by atoms with Gasteiger partial charge in [0.15, 0.2) is 0 Å². The largest absolute Gasteiger partial charge is 0.478 e. The first-order valence-electron chi connectivity index (χ1n) is 5.56. The summed E-state index contributed by atoms with van der Waals surface area (Å²) in [4.78, 5) is 14.5. The molecule has 0 atom stereocenters. The predicted octanol–water partition coefficient (Wildman–Crippen LogP) is 3.19. The number of carboxylic acid groups (broad SMARTS) is 1. The van der Waals surface area contributed by atoms with Crippen LogP contribution in [0.3, 0.4) is 0 Å². The first-order chi connectivity index (χ1) is 9.71. The molecule has 1 aromatic carbocycles. The Kier molecular flexibility index (Phi) is 3.54. The predicted molar refractivity (Wildman–Crippen MR) is 66.0 cm³/mol. The van der Waals surface area contributed by atoms with Gasteiger partial charge in [-0.3, -0.25) is 0 Å². The zero-order valence-corrected chi connectivity index (χ0v) is 10.3. The van der Waals surface area contributed by atoms with Crippen LogP contribution in [0.25, 0.3) is 11.1 Å². The second kappa shape index (κ2) is 5.04. The molecule has 0 bridgehead atoms. The molecule has 0 fully saturated rings. The lowest BCUT2D eigenvalue weighted by atomic mass is 10.0. The SMILES string of the molecule is Nc1ncc(-c2cccc(C(F)(F)F)c2F)cc1C(=O)O. The number of anilines is 1. The number of hydrogen-bond acceptors (Lipinski definition) is 3. The Balaban J connectivity index is 2.63. The molecule has 0 saturated heterocycles. The van der Waals surface area contributed by atoms with Gasteiger partial charge in [-0.2, -0.15) is 13.2 Å². The lowest BCUT2D eigenvalue weighted by Crippen LogP contribution is -2.09. The number of carbonyl (C=O) groups is 1. The van der Waals surface area contributed by atoms with Crippen LogP contribution in [0.15, 0.2) is 30.5 Å². The van der Waals surface area contributed by atoms with E-state index in [9.17, 15) is 22.4 Å². The molecule has 8 heteroatoms. The number of rotatable bonds is 2. The Labute approximate surface area is 115 Å².